The van der Waals surface area contributed by atoms with E-state index in [4.69, 9.17) is 4.74 Å². The molecule has 0 bridgehead atoms. The number of hydrogen-bond acceptors (Lipinski definition) is 5. The zero-order valence-electron chi connectivity index (χ0n) is 16.6. The summed E-state index contributed by atoms with van der Waals surface area (Å²) in [7, 11) is 1.56. The summed E-state index contributed by atoms with van der Waals surface area (Å²) < 4.78 is 5.07. The third kappa shape index (κ3) is 4.50. The molecule has 0 unspecified atom stereocenters. The maximum Gasteiger partial charge on any atom is 0.255 e. The third-order valence-corrected chi connectivity index (χ3v) is 5.81. The zero-order valence-corrected chi connectivity index (χ0v) is 16.6. The molecule has 1 aromatic rings. The van der Waals surface area contributed by atoms with Crippen LogP contribution in [0.25, 0.3) is 0 Å². The Morgan fingerprint density at radius 3 is 2.85 bits per heavy atom. The van der Waals surface area contributed by atoms with Crippen molar-refractivity contribution in [2.24, 2.45) is 5.41 Å². The molecular formula is C21H31N3O3. The number of piperidine rings is 2. The van der Waals surface area contributed by atoms with Crippen molar-refractivity contribution in [2.75, 3.05) is 39.8 Å². The van der Waals surface area contributed by atoms with Crippen molar-refractivity contribution in [3.8, 4) is 5.88 Å². The molecule has 1 amide bonds. The molecule has 0 aliphatic carbocycles. The average Bonchev–Trinajstić information content (AvgIpc) is 2.68. The predicted octanol–water partition coefficient (Wildman–Crippen LogP) is 2.35. The second-order valence-corrected chi connectivity index (χ2v) is 8.10. The molecule has 2 fully saturated rings. The minimum absolute atomic E-state index is 0.0159. The summed E-state index contributed by atoms with van der Waals surface area (Å²) in [6.07, 6.45) is 6.10. The molecule has 3 rings (SSSR count). The number of rotatable bonds is 4. The number of methoxy groups -OCH3 is 1. The Hall–Kier alpha value is -1.92. The van der Waals surface area contributed by atoms with Gasteiger partial charge in [-0.05, 0) is 39.2 Å². The van der Waals surface area contributed by atoms with Gasteiger partial charge >= 0.3 is 0 Å². The summed E-state index contributed by atoms with van der Waals surface area (Å²) >= 11 is 0. The highest BCUT2D eigenvalue weighted by atomic mass is 16.5. The maximum atomic E-state index is 13.0. The van der Waals surface area contributed by atoms with E-state index in [2.05, 4.69) is 29.8 Å². The monoisotopic (exact) mass is 373 g/mol. The van der Waals surface area contributed by atoms with E-state index in [0.717, 1.165) is 45.4 Å². The van der Waals surface area contributed by atoms with E-state index in [-0.39, 0.29) is 17.4 Å². The first-order valence-corrected chi connectivity index (χ1v) is 9.77. The lowest BCUT2D eigenvalue weighted by molar-refractivity contribution is -0.0762. The van der Waals surface area contributed by atoms with Gasteiger partial charge in [0, 0.05) is 50.4 Å². The van der Waals surface area contributed by atoms with Gasteiger partial charge in [-0.3, -0.25) is 9.69 Å². The van der Waals surface area contributed by atoms with Crippen molar-refractivity contribution in [1.29, 1.82) is 0 Å². The number of carbonyl (C=O) groups is 1. The van der Waals surface area contributed by atoms with Crippen molar-refractivity contribution >= 4 is 5.91 Å². The molecule has 2 atom stereocenters. The Kier molecular flexibility index (Phi) is 6.17. The fourth-order valence-corrected chi connectivity index (χ4v) is 4.25. The van der Waals surface area contributed by atoms with Crippen LogP contribution in [-0.2, 0) is 0 Å². The molecule has 3 heterocycles. The lowest BCUT2D eigenvalue weighted by atomic mass is 9.71. The molecule has 6 nitrogen and oxygen atoms in total. The van der Waals surface area contributed by atoms with Crippen molar-refractivity contribution in [3.63, 3.8) is 0 Å². The molecule has 0 aromatic carbocycles. The lowest BCUT2D eigenvalue weighted by Gasteiger charge is -2.51. The van der Waals surface area contributed by atoms with E-state index < -0.39 is 0 Å². The fraction of sp³-hybridized carbons (Fsp3) is 0.619. The van der Waals surface area contributed by atoms with Gasteiger partial charge in [-0.1, -0.05) is 11.6 Å². The fourth-order valence-electron chi connectivity index (χ4n) is 4.25. The first-order chi connectivity index (χ1) is 12.9. The number of aliphatic hydroxyl groups excluding tert-OH is 1. The van der Waals surface area contributed by atoms with Crippen molar-refractivity contribution in [1.82, 2.24) is 14.8 Å². The number of hydrogen-bond donors (Lipinski definition) is 1. The molecule has 1 aromatic heterocycles. The van der Waals surface area contributed by atoms with Crippen molar-refractivity contribution in [3.05, 3.63) is 35.5 Å². The van der Waals surface area contributed by atoms with Gasteiger partial charge < -0.3 is 14.7 Å². The Bertz CT molecular complexity index is 684. The maximum absolute atomic E-state index is 13.0. The highest BCUT2D eigenvalue weighted by Gasteiger charge is 2.46. The molecule has 1 N–H and O–H groups in total. The Balaban J connectivity index is 1.72. The van der Waals surface area contributed by atoms with Crippen LogP contribution in [0.1, 0.15) is 43.5 Å². The summed E-state index contributed by atoms with van der Waals surface area (Å²) in [4.78, 5) is 21.4. The van der Waals surface area contributed by atoms with Crippen molar-refractivity contribution in [2.45, 2.75) is 39.2 Å². The van der Waals surface area contributed by atoms with Gasteiger partial charge in [-0.15, -0.1) is 0 Å². The Morgan fingerprint density at radius 1 is 1.37 bits per heavy atom. The number of ether oxygens (including phenoxy) is 1. The van der Waals surface area contributed by atoms with E-state index >= 15 is 0 Å². The molecule has 1 spiro atoms. The van der Waals surface area contributed by atoms with Gasteiger partial charge in [0.25, 0.3) is 5.91 Å². The molecule has 27 heavy (non-hydrogen) atoms. The van der Waals surface area contributed by atoms with E-state index in [1.54, 1.807) is 25.4 Å². The van der Waals surface area contributed by atoms with Crippen LogP contribution >= 0.6 is 0 Å². The second-order valence-electron chi connectivity index (χ2n) is 8.10. The molecule has 6 heteroatoms. The van der Waals surface area contributed by atoms with Crippen LogP contribution in [-0.4, -0.2) is 71.7 Å². The SMILES string of the molecule is COc1ccc(C(=O)N2CCC[C@@]3(CN(CC=C(C)C)CC[C@H]3O)C2)cn1. The minimum atomic E-state index is -0.356. The summed E-state index contributed by atoms with van der Waals surface area (Å²) in [5.74, 6) is 0.483. The smallest absolute Gasteiger partial charge is 0.255 e. The normalized spacial score (nSPS) is 26.1. The van der Waals surface area contributed by atoms with Crippen LogP contribution in [0.2, 0.25) is 0 Å². The van der Waals surface area contributed by atoms with Gasteiger partial charge in [0.15, 0.2) is 0 Å². The number of allylic oxidation sites excluding steroid dienone is 1. The van der Waals surface area contributed by atoms with E-state index in [9.17, 15) is 9.90 Å². The summed E-state index contributed by atoms with van der Waals surface area (Å²) in [6.45, 7) is 8.20. The number of pyridine rings is 1. The number of likely N-dealkylation sites (tertiary alicyclic amines) is 2. The number of amides is 1. The molecule has 2 aliphatic rings. The van der Waals surface area contributed by atoms with Gasteiger partial charge in [0.05, 0.1) is 18.8 Å². The van der Waals surface area contributed by atoms with Gasteiger partial charge in [0.2, 0.25) is 5.88 Å². The Labute approximate surface area is 161 Å². The highest BCUT2D eigenvalue weighted by Crippen LogP contribution is 2.39. The first-order valence-electron chi connectivity index (χ1n) is 9.77. The number of carbonyl (C=O) groups excluding carboxylic acids is 1. The number of aliphatic hydroxyl groups is 1. The highest BCUT2D eigenvalue weighted by molar-refractivity contribution is 5.94. The Morgan fingerprint density at radius 2 is 2.19 bits per heavy atom. The summed E-state index contributed by atoms with van der Waals surface area (Å²) in [6, 6.07) is 3.47. The molecule has 148 valence electrons. The minimum Gasteiger partial charge on any atom is -0.481 e. The molecule has 2 aliphatic heterocycles. The van der Waals surface area contributed by atoms with Crippen LogP contribution in [0.5, 0.6) is 5.88 Å². The quantitative estimate of drug-likeness (QED) is 0.821. The first kappa shape index (κ1) is 19.8. The molecule has 0 radical (unpaired) electrons. The average molecular weight is 373 g/mol. The van der Waals surface area contributed by atoms with Crippen molar-refractivity contribution < 1.29 is 14.6 Å². The molecular weight excluding hydrogens is 342 g/mol. The lowest BCUT2D eigenvalue weighted by Crippen LogP contribution is -2.59. The molecule has 2 saturated heterocycles. The van der Waals surface area contributed by atoms with Crippen LogP contribution in [0, 0.1) is 5.41 Å². The standard InChI is InChI=1S/C21H31N3O3/c1-16(2)7-11-23-12-8-18(25)21(14-23)9-4-10-24(15-21)20(26)17-5-6-19(27-3)22-13-17/h5-7,13,18,25H,4,8-12,14-15H2,1-3H3/t18-,21-/m1/s1. The van der Waals surface area contributed by atoms with E-state index in [1.165, 1.54) is 5.57 Å². The third-order valence-electron chi connectivity index (χ3n) is 5.81. The van der Waals surface area contributed by atoms with Crippen LogP contribution in [0.15, 0.2) is 30.0 Å². The van der Waals surface area contributed by atoms with E-state index in [0.29, 0.717) is 18.0 Å². The van der Waals surface area contributed by atoms with Gasteiger partial charge in [-0.2, -0.15) is 0 Å². The summed E-state index contributed by atoms with van der Waals surface area (Å²) in [5, 5.41) is 10.8. The van der Waals surface area contributed by atoms with Crippen LogP contribution in [0.4, 0.5) is 0 Å². The topological polar surface area (TPSA) is 65.9 Å². The number of aromatic nitrogens is 1. The predicted molar refractivity (Wildman–Crippen MR) is 105 cm³/mol. The number of nitrogens with zero attached hydrogens (tertiary/aromatic N) is 3. The van der Waals surface area contributed by atoms with Crippen LogP contribution < -0.4 is 4.74 Å². The largest absolute Gasteiger partial charge is 0.481 e. The van der Waals surface area contributed by atoms with Gasteiger partial charge in [-0.25, -0.2) is 4.98 Å². The van der Waals surface area contributed by atoms with Gasteiger partial charge in [0.1, 0.15) is 0 Å². The zero-order chi connectivity index (χ0) is 19.4. The van der Waals surface area contributed by atoms with E-state index in [1.807, 2.05) is 4.90 Å². The molecule has 0 saturated carbocycles. The van der Waals surface area contributed by atoms with Crippen LogP contribution in [0.3, 0.4) is 0 Å². The second kappa shape index (κ2) is 8.40. The summed E-state index contributed by atoms with van der Waals surface area (Å²) in [5.41, 5.74) is 1.64.